The van der Waals surface area contributed by atoms with Gasteiger partial charge in [0.25, 0.3) is 0 Å². The van der Waals surface area contributed by atoms with E-state index >= 15 is 0 Å². The molecule has 0 saturated heterocycles. The van der Waals surface area contributed by atoms with Crippen LogP contribution in [0.1, 0.15) is 138 Å². The van der Waals surface area contributed by atoms with Gasteiger partial charge in [0.05, 0.1) is 22.8 Å². The van der Waals surface area contributed by atoms with Gasteiger partial charge in [-0.2, -0.15) is 0 Å². The number of aromatic amines is 2. The lowest BCUT2D eigenvalue weighted by Gasteiger charge is -2.09. The lowest BCUT2D eigenvalue weighted by atomic mass is 9.98. The predicted molar refractivity (Wildman–Crippen MR) is 234 cm³/mol. The molecule has 8 bridgehead atoms. The fraction of sp³-hybridized carbons (Fsp3) is 0.565. The standard InChI is InChI=1S/C46H70N8/c1-9-35-31(5)39-27-40-33(7)37(19-17-25-49-23-15-13-21-47-11-3)45(53-40)30-46-38(20-18-26-50-24-16-14-22-48-12-4)34(8)42(54-46)29-44-36(10-2)32(6)41(52-44)28-43(35)51-39/h27-30,47-52H,9-26H2,1-8H3. The Bertz CT molecular complexity index is 1920. The van der Waals surface area contributed by atoms with E-state index in [0.29, 0.717) is 0 Å². The lowest BCUT2D eigenvalue weighted by molar-refractivity contribution is 0.583. The van der Waals surface area contributed by atoms with Crippen LogP contribution in [0.3, 0.4) is 0 Å². The van der Waals surface area contributed by atoms with Gasteiger partial charge < -0.3 is 31.2 Å². The van der Waals surface area contributed by atoms with Gasteiger partial charge in [0.15, 0.2) is 0 Å². The molecule has 3 aromatic rings. The van der Waals surface area contributed by atoms with Crippen molar-refractivity contribution in [3.8, 4) is 0 Å². The Hall–Kier alpha value is -3.56. The second-order valence-corrected chi connectivity index (χ2v) is 15.2. The summed E-state index contributed by atoms with van der Waals surface area (Å²) in [5.41, 5.74) is 19.5. The van der Waals surface area contributed by atoms with Gasteiger partial charge in [-0.05, 0) is 213 Å². The average Bonchev–Trinajstić information content (AvgIpc) is 3.83. The van der Waals surface area contributed by atoms with E-state index in [-0.39, 0.29) is 0 Å². The highest BCUT2D eigenvalue weighted by molar-refractivity contribution is 5.95. The van der Waals surface area contributed by atoms with Gasteiger partial charge in [-0.25, -0.2) is 9.97 Å². The Balaban J connectivity index is 1.54. The summed E-state index contributed by atoms with van der Waals surface area (Å²) in [6.07, 6.45) is 10.9. The number of rotatable bonds is 22. The van der Waals surface area contributed by atoms with Gasteiger partial charge in [0, 0.05) is 22.1 Å². The number of aromatic nitrogens is 4. The summed E-state index contributed by atoms with van der Waals surface area (Å²) in [5.74, 6) is 0. The number of fused-ring (bicyclic) bond motifs is 8. The average molecular weight is 735 g/mol. The first-order valence-corrected chi connectivity index (χ1v) is 21.3. The number of aryl methyl sites for hydroxylation is 4. The molecule has 0 radical (unpaired) electrons. The number of allylic oxidation sites excluding steroid dienone is 4. The molecule has 0 aliphatic carbocycles. The van der Waals surface area contributed by atoms with Gasteiger partial charge in [0.2, 0.25) is 0 Å². The molecule has 5 heterocycles. The van der Waals surface area contributed by atoms with Crippen LogP contribution in [-0.2, 0) is 12.8 Å². The van der Waals surface area contributed by atoms with Crippen LogP contribution < -0.4 is 21.3 Å². The Morgan fingerprint density at radius 1 is 0.444 bits per heavy atom. The zero-order valence-corrected chi connectivity index (χ0v) is 34.9. The fourth-order valence-corrected chi connectivity index (χ4v) is 8.14. The van der Waals surface area contributed by atoms with Crippen molar-refractivity contribution >= 4 is 44.4 Å². The molecule has 54 heavy (non-hydrogen) atoms. The summed E-state index contributed by atoms with van der Waals surface area (Å²) in [5, 5.41) is 14.3. The first kappa shape index (κ1) is 41.6. The van der Waals surface area contributed by atoms with Crippen molar-refractivity contribution in [3.05, 3.63) is 69.3 Å². The van der Waals surface area contributed by atoms with Gasteiger partial charge >= 0.3 is 0 Å². The monoisotopic (exact) mass is 735 g/mol. The van der Waals surface area contributed by atoms with Crippen LogP contribution in [0, 0.1) is 13.8 Å². The summed E-state index contributed by atoms with van der Waals surface area (Å²) in [6, 6.07) is 9.21. The van der Waals surface area contributed by atoms with Gasteiger partial charge in [-0.15, -0.1) is 0 Å². The van der Waals surface area contributed by atoms with E-state index in [4.69, 9.17) is 9.97 Å². The van der Waals surface area contributed by atoms with Crippen molar-refractivity contribution in [3.63, 3.8) is 0 Å². The van der Waals surface area contributed by atoms with E-state index in [1.165, 1.54) is 86.8 Å². The minimum absolute atomic E-state index is 0.963. The molecule has 0 amide bonds. The van der Waals surface area contributed by atoms with Crippen LogP contribution in [0.4, 0.5) is 0 Å². The zero-order valence-electron chi connectivity index (χ0n) is 34.9. The van der Waals surface area contributed by atoms with Crippen LogP contribution >= 0.6 is 0 Å². The van der Waals surface area contributed by atoms with E-state index < -0.39 is 0 Å². The Morgan fingerprint density at radius 2 is 0.833 bits per heavy atom. The molecule has 8 heteroatoms. The maximum atomic E-state index is 5.40. The largest absolute Gasteiger partial charge is 0.355 e. The topological polar surface area (TPSA) is 105 Å². The highest BCUT2D eigenvalue weighted by Crippen LogP contribution is 2.38. The number of hydrogen-bond donors (Lipinski definition) is 6. The molecule has 0 fully saturated rings. The van der Waals surface area contributed by atoms with E-state index in [0.717, 1.165) is 119 Å². The van der Waals surface area contributed by atoms with E-state index in [9.17, 15) is 0 Å². The predicted octanol–water partition coefficient (Wildman–Crippen LogP) is 9.44. The number of nitrogens with zero attached hydrogens (tertiary/aromatic N) is 2. The van der Waals surface area contributed by atoms with Crippen LogP contribution in [0.2, 0.25) is 0 Å². The van der Waals surface area contributed by atoms with Gasteiger partial charge in [-0.3, -0.25) is 0 Å². The summed E-state index contributed by atoms with van der Waals surface area (Å²) in [7, 11) is 0. The van der Waals surface area contributed by atoms with Crippen molar-refractivity contribution in [1.29, 1.82) is 0 Å². The van der Waals surface area contributed by atoms with Gasteiger partial charge in [-0.1, -0.05) is 27.7 Å². The molecule has 0 spiro atoms. The molecular formula is C46H70N8. The fourth-order valence-electron chi connectivity index (χ4n) is 8.14. The molecule has 0 unspecified atom stereocenters. The summed E-state index contributed by atoms with van der Waals surface area (Å²) in [6.45, 7) is 26.4. The summed E-state index contributed by atoms with van der Waals surface area (Å²) < 4.78 is 0. The van der Waals surface area contributed by atoms with Crippen LogP contribution in [-0.4, -0.2) is 72.3 Å². The highest BCUT2D eigenvalue weighted by atomic mass is 14.9. The van der Waals surface area contributed by atoms with Crippen molar-refractivity contribution in [2.24, 2.45) is 0 Å². The minimum atomic E-state index is 0.963. The van der Waals surface area contributed by atoms with E-state index in [2.05, 4.69) is 111 Å². The maximum Gasteiger partial charge on any atom is 0.0694 e. The van der Waals surface area contributed by atoms with Crippen LogP contribution in [0.15, 0.2) is 24.3 Å². The zero-order chi connectivity index (χ0) is 38.5. The lowest BCUT2D eigenvalue weighted by Crippen LogP contribution is -2.19. The smallest absolute Gasteiger partial charge is 0.0694 e. The second-order valence-electron chi connectivity index (χ2n) is 15.2. The van der Waals surface area contributed by atoms with E-state index in [1.54, 1.807) is 0 Å². The van der Waals surface area contributed by atoms with Crippen molar-refractivity contribution in [2.45, 2.75) is 120 Å². The van der Waals surface area contributed by atoms with Crippen LogP contribution in [0.25, 0.3) is 44.4 Å². The second kappa shape index (κ2) is 20.9. The number of nitrogens with one attached hydrogen (secondary N) is 6. The molecule has 0 aromatic carbocycles. The van der Waals surface area contributed by atoms with Crippen molar-refractivity contribution < 1.29 is 0 Å². The maximum absolute atomic E-state index is 5.40. The Labute approximate surface area is 325 Å². The molecule has 0 saturated carbocycles. The highest BCUT2D eigenvalue weighted by Gasteiger charge is 2.22. The molecule has 6 N–H and O–H groups in total. The van der Waals surface area contributed by atoms with Gasteiger partial charge in [0.1, 0.15) is 0 Å². The first-order chi connectivity index (χ1) is 26.3. The molecule has 5 rings (SSSR count). The molecule has 2 aliphatic heterocycles. The quantitative estimate of drug-likeness (QED) is 0.0575. The first-order valence-electron chi connectivity index (χ1n) is 21.3. The summed E-state index contributed by atoms with van der Waals surface area (Å²) >= 11 is 0. The third kappa shape index (κ3) is 10.4. The number of unbranched alkanes of at least 4 members (excludes halogenated alkanes) is 2. The molecule has 8 nitrogen and oxygen atoms in total. The number of H-pyrrole nitrogens is 2. The molecule has 2 aliphatic rings. The minimum Gasteiger partial charge on any atom is -0.355 e. The van der Waals surface area contributed by atoms with E-state index in [1.807, 2.05) is 0 Å². The van der Waals surface area contributed by atoms with Crippen molar-refractivity contribution in [1.82, 2.24) is 41.2 Å². The molecular weight excluding hydrogens is 665 g/mol. The normalized spacial score (nSPS) is 13.2. The summed E-state index contributed by atoms with van der Waals surface area (Å²) in [4.78, 5) is 18.4. The number of hydrogen-bond acceptors (Lipinski definition) is 6. The van der Waals surface area contributed by atoms with Crippen LogP contribution in [0.5, 0.6) is 0 Å². The van der Waals surface area contributed by atoms with Crippen molar-refractivity contribution in [2.75, 3.05) is 52.4 Å². The Kier molecular flexibility index (Phi) is 16.1. The molecule has 0 atom stereocenters. The molecule has 294 valence electrons. The third-order valence-corrected chi connectivity index (χ3v) is 11.5. The SMILES string of the molecule is CCNCCCCNCCCC1=C(C)c2cc3[nH]c(cc4[nH]c(cc5nc(cc1n2)C(CCCNCCCCNCC)=C5C)c(CC)c4C)c(CC)c3C. The third-order valence-electron chi connectivity index (χ3n) is 11.5. The Morgan fingerprint density at radius 3 is 1.28 bits per heavy atom. The molecule has 3 aromatic heterocycles.